The van der Waals surface area contributed by atoms with Gasteiger partial charge in [0.2, 0.25) is 0 Å². The number of likely N-dealkylation sites (N-methyl/N-ethyl adjacent to an activating group) is 1. The molecule has 0 saturated carbocycles. The summed E-state index contributed by atoms with van der Waals surface area (Å²) in [6.07, 6.45) is 9.00. The largest absolute Gasteiger partial charge is 0.384 e. The van der Waals surface area contributed by atoms with Crippen molar-refractivity contribution in [3.63, 3.8) is 0 Å². The number of carbonyl (C=O) groups excluding carboxylic acids is 1. The fraction of sp³-hybridized carbons (Fsp3) is 0.357. The molecule has 2 aromatic heterocycles. The zero-order chi connectivity index (χ0) is 27.8. The first-order valence-corrected chi connectivity index (χ1v) is 14.7. The summed E-state index contributed by atoms with van der Waals surface area (Å²) in [6.45, 7) is 8.88. The molecular weight excluding hydrogens is 530 g/mol. The van der Waals surface area contributed by atoms with Gasteiger partial charge in [0.1, 0.15) is 11.6 Å². The van der Waals surface area contributed by atoms with E-state index >= 15 is 0 Å². The zero-order valence-electron chi connectivity index (χ0n) is 22.8. The van der Waals surface area contributed by atoms with Gasteiger partial charge >= 0.3 is 6.03 Å². The molecule has 0 saturated heterocycles. The van der Waals surface area contributed by atoms with Crippen LogP contribution < -0.4 is 20.9 Å². The van der Waals surface area contributed by atoms with Crippen molar-refractivity contribution in [2.75, 3.05) is 37.3 Å². The number of aryl methyl sites for hydroxylation is 1. The van der Waals surface area contributed by atoms with Crippen LogP contribution in [0.1, 0.15) is 38.9 Å². The van der Waals surface area contributed by atoms with E-state index < -0.39 is 0 Å². The molecule has 0 atom stereocenters. The Morgan fingerprint density at radius 2 is 1.97 bits per heavy atom. The molecule has 9 nitrogen and oxygen atoms in total. The number of anilines is 2. The smallest absolute Gasteiger partial charge is 0.329 e. The first kappa shape index (κ1) is 28.7. The molecule has 0 aliphatic carbocycles. The number of benzene rings is 1. The van der Waals surface area contributed by atoms with Crippen LogP contribution in [0.2, 0.25) is 0 Å². The maximum atomic E-state index is 13.3. The minimum Gasteiger partial charge on any atom is -0.384 e. The number of allylic oxidation sites excluding steroid dienone is 3. The number of thioether (sulfide) groups is 1. The van der Waals surface area contributed by atoms with E-state index in [9.17, 15) is 9.59 Å². The maximum Gasteiger partial charge on any atom is 0.329 e. The van der Waals surface area contributed by atoms with Crippen LogP contribution in [0.25, 0.3) is 16.7 Å². The topological polar surface area (TPSA) is 104 Å². The molecule has 0 spiro atoms. The molecule has 1 aliphatic rings. The van der Waals surface area contributed by atoms with Crippen LogP contribution in [0, 0.1) is 6.92 Å². The first-order chi connectivity index (χ1) is 18.8. The second-order valence-electron chi connectivity index (χ2n) is 9.35. The van der Waals surface area contributed by atoms with E-state index in [0.29, 0.717) is 28.2 Å². The highest BCUT2D eigenvalue weighted by Crippen LogP contribution is 2.36. The standard InChI is InChI=1S/C28H35N7O2S2/c1-5-6-15-34(4)16-14-29-21-10-12-23-24(17-21)31-20(3)35(27(23)36)25-13-11-22(18-30-25)32-28(37)33-39-26-9-7-8-19(2)38-26/h8-13,17-18,29H,5-7,14-16H2,1-4H3,(H2,32,33,37). The van der Waals surface area contributed by atoms with Gasteiger partial charge in [-0.1, -0.05) is 37.3 Å². The second-order valence-corrected chi connectivity index (χ2v) is 11.7. The monoisotopic (exact) mass is 565 g/mol. The van der Waals surface area contributed by atoms with Crippen molar-refractivity contribution >= 4 is 52.0 Å². The van der Waals surface area contributed by atoms with Crippen molar-refractivity contribution < 1.29 is 4.79 Å². The highest BCUT2D eigenvalue weighted by molar-refractivity contribution is 8.23. The number of amides is 2. The lowest BCUT2D eigenvalue weighted by Gasteiger charge is -2.17. The van der Waals surface area contributed by atoms with Crippen LogP contribution in [0.15, 0.2) is 62.6 Å². The van der Waals surface area contributed by atoms with Crippen molar-refractivity contribution in [1.29, 1.82) is 0 Å². The van der Waals surface area contributed by atoms with Gasteiger partial charge in [0.25, 0.3) is 5.56 Å². The summed E-state index contributed by atoms with van der Waals surface area (Å²) in [7, 11) is 2.13. The maximum absolute atomic E-state index is 13.3. The molecular formula is C28H35N7O2S2. The van der Waals surface area contributed by atoms with Crippen molar-refractivity contribution in [3.05, 3.63) is 74.0 Å². The molecule has 0 radical (unpaired) electrons. The summed E-state index contributed by atoms with van der Waals surface area (Å²) >= 11 is 2.91. The number of hydrogen-bond donors (Lipinski definition) is 3. The van der Waals surface area contributed by atoms with Crippen LogP contribution in [-0.4, -0.2) is 52.1 Å². The molecule has 1 aromatic carbocycles. The van der Waals surface area contributed by atoms with Crippen LogP contribution in [-0.2, 0) is 0 Å². The Morgan fingerprint density at radius 1 is 1.15 bits per heavy atom. The number of unbranched alkanes of at least 4 members (excludes halogenated alkanes) is 1. The summed E-state index contributed by atoms with van der Waals surface area (Å²) in [4.78, 5) is 38.3. The van der Waals surface area contributed by atoms with Gasteiger partial charge in [-0.25, -0.2) is 19.3 Å². The number of nitrogens with zero attached hydrogens (tertiary/aromatic N) is 4. The number of urea groups is 1. The molecule has 1 aliphatic heterocycles. The van der Waals surface area contributed by atoms with Crippen molar-refractivity contribution in [3.8, 4) is 5.82 Å². The quantitative estimate of drug-likeness (QED) is 0.248. The average Bonchev–Trinajstić information content (AvgIpc) is 2.91. The molecule has 3 heterocycles. The molecule has 3 aromatic rings. The van der Waals surface area contributed by atoms with Crippen molar-refractivity contribution in [2.24, 2.45) is 0 Å². The lowest BCUT2D eigenvalue weighted by Crippen LogP contribution is -2.26. The third-order valence-electron chi connectivity index (χ3n) is 6.18. The lowest BCUT2D eigenvalue weighted by molar-refractivity contribution is 0.257. The highest BCUT2D eigenvalue weighted by Gasteiger charge is 2.13. The fourth-order valence-electron chi connectivity index (χ4n) is 4.08. The van der Waals surface area contributed by atoms with Gasteiger partial charge < -0.3 is 15.5 Å². The fourth-order valence-corrected chi connectivity index (χ4v) is 5.86. The Balaban J connectivity index is 1.39. The number of hydrogen-bond acceptors (Lipinski definition) is 8. The van der Waals surface area contributed by atoms with E-state index in [1.165, 1.54) is 40.5 Å². The minimum absolute atomic E-state index is 0.187. The van der Waals surface area contributed by atoms with Crippen molar-refractivity contribution in [2.45, 2.75) is 40.0 Å². The molecule has 0 bridgehead atoms. The SMILES string of the molecule is CCCCN(C)CCNc1ccc2c(=O)n(-c3ccc(NC(=O)NSC4=CCC=C(C)S4)cn3)c(C)nc2c1. The van der Waals surface area contributed by atoms with Crippen LogP contribution >= 0.6 is 23.7 Å². The summed E-state index contributed by atoms with van der Waals surface area (Å²) in [6, 6.07) is 8.70. The number of pyridine rings is 1. The molecule has 11 heteroatoms. The predicted molar refractivity (Wildman–Crippen MR) is 165 cm³/mol. The summed E-state index contributed by atoms with van der Waals surface area (Å²) < 4.78 is 5.31. The van der Waals surface area contributed by atoms with E-state index in [4.69, 9.17) is 0 Å². The number of nitrogens with one attached hydrogen (secondary N) is 3. The van der Waals surface area contributed by atoms with Gasteiger partial charge in [-0.2, -0.15) is 0 Å². The third-order valence-corrected chi connectivity index (χ3v) is 8.20. The Labute approximate surface area is 237 Å². The molecule has 4 rings (SSSR count). The summed E-state index contributed by atoms with van der Waals surface area (Å²) in [5.74, 6) is 0.976. The molecule has 0 fully saturated rings. The molecule has 3 N–H and O–H groups in total. The molecule has 39 heavy (non-hydrogen) atoms. The summed E-state index contributed by atoms with van der Waals surface area (Å²) in [5.41, 5.74) is 1.91. The summed E-state index contributed by atoms with van der Waals surface area (Å²) in [5, 5.41) is 6.72. The molecule has 0 unspecified atom stereocenters. The number of rotatable bonds is 11. The second kappa shape index (κ2) is 13.7. The number of carbonyl (C=O) groups is 1. The van der Waals surface area contributed by atoms with E-state index in [1.807, 2.05) is 19.1 Å². The Bertz CT molecular complexity index is 1430. The van der Waals surface area contributed by atoms with Crippen LogP contribution in [0.5, 0.6) is 0 Å². The molecule has 2 amide bonds. The first-order valence-electron chi connectivity index (χ1n) is 13.0. The van der Waals surface area contributed by atoms with Crippen LogP contribution in [0.3, 0.4) is 0 Å². The van der Waals surface area contributed by atoms with Gasteiger partial charge in [-0.05, 0) is 87.5 Å². The van der Waals surface area contributed by atoms with Gasteiger partial charge in [0, 0.05) is 18.8 Å². The van der Waals surface area contributed by atoms with Gasteiger partial charge in [-0.15, -0.1) is 0 Å². The van der Waals surface area contributed by atoms with Crippen molar-refractivity contribution in [1.82, 2.24) is 24.2 Å². The van der Waals surface area contributed by atoms with E-state index in [1.54, 1.807) is 36.9 Å². The average molecular weight is 566 g/mol. The zero-order valence-corrected chi connectivity index (χ0v) is 24.4. The lowest BCUT2D eigenvalue weighted by atomic mass is 10.2. The highest BCUT2D eigenvalue weighted by atomic mass is 32.2. The van der Waals surface area contributed by atoms with Gasteiger partial charge in [0.05, 0.1) is 27.0 Å². The van der Waals surface area contributed by atoms with Crippen LogP contribution in [0.4, 0.5) is 16.2 Å². The van der Waals surface area contributed by atoms with Gasteiger partial charge in [-0.3, -0.25) is 9.52 Å². The number of aromatic nitrogens is 3. The Morgan fingerprint density at radius 3 is 2.72 bits per heavy atom. The number of fused-ring (bicyclic) bond motifs is 1. The predicted octanol–water partition coefficient (Wildman–Crippen LogP) is 5.88. The Hall–Kier alpha value is -3.28. The van der Waals surface area contributed by atoms with E-state index in [2.05, 4.69) is 56.3 Å². The molecule has 206 valence electrons. The van der Waals surface area contributed by atoms with Gasteiger partial charge in [0.15, 0.2) is 0 Å². The minimum atomic E-state index is -0.346. The normalized spacial score (nSPS) is 13.3. The third kappa shape index (κ3) is 7.87. The van der Waals surface area contributed by atoms with E-state index in [0.717, 1.165) is 36.0 Å². The van der Waals surface area contributed by atoms with E-state index in [-0.39, 0.29) is 11.6 Å². The Kier molecular flexibility index (Phi) is 10.1.